The Balaban J connectivity index is 1.98. The van der Waals surface area contributed by atoms with Crippen LogP contribution in [-0.2, 0) is 9.47 Å². The van der Waals surface area contributed by atoms with E-state index < -0.39 is 0 Å². The second-order valence-corrected chi connectivity index (χ2v) is 3.40. The Bertz CT molecular complexity index is 138. The zero-order chi connectivity index (χ0) is 7.68. The van der Waals surface area contributed by atoms with Crippen molar-refractivity contribution in [3.8, 4) is 0 Å². The average Bonchev–Trinajstić information content (AvgIpc) is 2.12. The minimum absolute atomic E-state index is 0.327. The lowest BCUT2D eigenvalue weighted by Crippen LogP contribution is -2.42. The predicted molar refractivity (Wildman–Crippen MR) is 41.6 cm³/mol. The van der Waals surface area contributed by atoms with E-state index in [9.17, 15) is 0 Å². The SMILES string of the molecule is C[C@H]1CN2CCOC(CO1)C2. The minimum atomic E-state index is 0.327. The van der Waals surface area contributed by atoms with Crippen LogP contribution in [0.3, 0.4) is 0 Å². The van der Waals surface area contributed by atoms with Gasteiger partial charge in [-0.1, -0.05) is 0 Å². The van der Waals surface area contributed by atoms with Gasteiger partial charge in [-0.05, 0) is 6.92 Å². The van der Waals surface area contributed by atoms with Crippen LogP contribution in [0.5, 0.6) is 0 Å². The van der Waals surface area contributed by atoms with E-state index in [1.807, 2.05) is 0 Å². The lowest BCUT2D eigenvalue weighted by atomic mass is 10.3. The van der Waals surface area contributed by atoms with E-state index in [1.54, 1.807) is 0 Å². The average molecular weight is 157 g/mol. The van der Waals surface area contributed by atoms with Gasteiger partial charge >= 0.3 is 0 Å². The lowest BCUT2D eigenvalue weighted by Gasteiger charge is -2.29. The third-order valence-corrected chi connectivity index (χ3v) is 2.30. The number of morpholine rings is 1. The normalized spacial score (nSPS) is 45.0. The second kappa shape index (κ2) is 3.09. The van der Waals surface area contributed by atoms with E-state index >= 15 is 0 Å². The van der Waals surface area contributed by atoms with Crippen molar-refractivity contribution >= 4 is 0 Å². The quantitative estimate of drug-likeness (QED) is 0.498. The van der Waals surface area contributed by atoms with Gasteiger partial charge in [0.1, 0.15) is 0 Å². The molecule has 3 atom stereocenters. The van der Waals surface area contributed by atoms with Crippen molar-refractivity contribution < 1.29 is 9.47 Å². The van der Waals surface area contributed by atoms with E-state index in [1.165, 1.54) is 0 Å². The van der Waals surface area contributed by atoms with Crippen molar-refractivity contribution in [3.05, 3.63) is 0 Å². The van der Waals surface area contributed by atoms with Crippen LogP contribution in [0.25, 0.3) is 0 Å². The Kier molecular flexibility index (Phi) is 2.11. The molecule has 3 nitrogen and oxygen atoms in total. The van der Waals surface area contributed by atoms with Crippen molar-refractivity contribution in [3.63, 3.8) is 0 Å². The van der Waals surface area contributed by atoms with Crippen LogP contribution >= 0.6 is 0 Å². The number of hydrogen-bond acceptors (Lipinski definition) is 3. The van der Waals surface area contributed by atoms with Gasteiger partial charge < -0.3 is 9.47 Å². The van der Waals surface area contributed by atoms with Crippen molar-refractivity contribution in [1.29, 1.82) is 0 Å². The van der Waals surface area contributed by atoms with Crippen LogP contribution in [0.15, 0.2) is 0 Å². The number of fused-ring (bicyclic) bond motifs is 2. The Morgan fingerprint density at radius 2 is 2.18 bits per heavy atom. The highest BCUT2D eigenvalue weighted by molar-refractivity contribution is 4.76. The maximum absolute atomic E-state index is 5.55. The zero-order valence-corrected chi connectivity index (χ0v) is 6.95. The third kappa shape index (κ3) is 1.72. The molecule has 2 aliphatic heterocycles. The fourth-order valence-corrected chi connectivity index (χ4v) is 1.73. The van der Waals surface area contributed by atoms with Crippen LogP contribution in [0, 0.1) is 0 Å². The minimum Gasteiger partial charge on any atom is -0.374 e. The molecular weight excluding hydrogens is 142 g/mol. The van der Waals surface area contributed by atoms with Crippen LogP contribution in [0.1, 0.15) is 6.92 Å². The maximum Gasteiger partial charge on any atom is 0.0935 e. The molecule has 2 fully saturated rings. The number of rotatable bonds is 0. The largest absolute Gasteiger partial charge is 0.374 e. The first-order valence-corrected chi connectivity index (χ1v) is 4.30. The summed E-state index contributed by atoms with van der Waals surface area (Å²) in [4.78, 5) is 2.42. The predicted octanol–water partition coefficient (Wildman–Crippen LogP) is 0.106. The fourth-order valence-electron chi connectivity index (χ4n) is 1.73. The topological polar surface area (TPSA) is 21.7 Å². The number of hydrogen-bond donors (Lipinski definition) is 0. The van der Waals surface area contributed by atoms with Gasteiger partial charge in [0, 0.05) is 19.6 Å². The van der Waals surface area contributed by atoms with E-state index in [0.29, 0.717) is 12.2 Å². The molecule has 11 heavy (non-hydrogen) atoms. The summed E-state index contributed by atoms with van der Waals surface area (Å²) >= 11 is 0. The zero-order valence-electron chi connectivity index (χ0n) is 6.95. The highest BCUT2D eigenvalue weighted by Gasteiger charge is 2.25. The molecule has 2 unspecified atom stereocenters. The molecule has 2 rings (SSSR count). The summed E-state index contributed by atoms with van der Waals surface area (Å²) in [7, 11) is 0. The van der Waals surface area contributed by atoms with Crippen molar-refractivity contribution in [2.24, 2.45) is 0 Å². The molecule has 0 N–H and O–H groups in total. The van der Waals surface area contributed by atoms with Gasteiger partial charge in [0.15, 0.2) is 0 Å². The highest BCUT2D eigenvalue weighted by Crippen LogP contribution is 2.12. The van der Waals surface area contributed by atoms with Gasteiger partial charge in [-0.25, -0.2) is 0 Å². The van der Waals surface area contributed by atoms with Crippen LogP contribution in [0.4, 0.5) is 0 Å². The van der Waals surface area contributed by atoms with Gasteiger partial charge in [0.05, 0.1) is 25.4 Å². The monoisotopic (exact) mass is 157 g/mol. The van der Waals surface area contributed by atoms with Crippen molar-refractivity contribution in [1.82, 2.24) is 4.90 Å². The standard InChI is InChI=1S/C8H15NO2/c1-7-4-9-2-3-10-8(5-9)6-11-7/h7-8H,2-6H2,1H3/t7-,8?/m0/s1. The molecule has 0 aromatic carbocycles. The summed E-state index contributed by atoms with van der Waals surface area (Å²) in [5.74, 6) is 0. The van der Waals surface area contributed by atoms with Gasteiger partial charge in [0.25, 0.3) is 0 Å². The molecule has 0 radical (unpaired) electrons. The van der Waals surface area contributed by atoms with E-state index in [2.05, 4.69) is 11.8 Å². The third-order valence-electron chi connectivity index (χ3n) is 2.30. The Morgan fingerprint density at radius 1 is 1.27 bits per heavy atom. The van der Waals surface area contributed by atoms with E-state index in [-0.39, 0.29) is 0 Å². The molecule has 0 amide bonds. The van der Waals surface area contributed by atoms with Gasteiger partial charge in [-0.3, -0.25) is 4.90 Å². The number of nitrogens with zero attached hydrogens (tertiary/aromatic N) is 1. The summed E-state index contributed by atoms with van der Waals surface area (Å²) in [5, 5.41) is 0. The molecule has 2 bridgehead atoms. The summed E-state index contributed by atoms with van der Waals surface area (Å²) in [5.41, 5.74) is 0. The highest BCUT2D eigenvalue weighted by atomic mass is 16.5. The second-order valence-electron chi connectivity index (χ2n) is 3.40. The Labute approximate surface area is 67.3 Å². The molecular formula is C8H15NO2. The molecule has 2 heterocycles. The first-order chi connectivity index (χ1) is 5.34. The summed E-state index contributed by atoms with van der Waals surface area (Å²) in [6.45, 7) is 6.98. The van der Waals surface area contributed by atoms with Crippen molar-refractivity contribution in [2.75, 3.05) is 32.8 Å². The first kappa shape index (κ1) is 7.53. The molecule has 0 aliphatic carbocycles. The van der Waals surface area contributed by atoms with E-state index in [4.69, 9.17) is 9.47 Å². The first-order valence-electron chi connectivity index (χ1n) is 4.30. The summed E-state index contributed by atoms with van der Waals surface area (Å²) in [6, 6.07) is 0. The fraction of sp³-hybridized carbons (Fsp3) is 1.00. The van der Waals surface area contributed by atoms with Gasteiger partial charge in [-0.2, -0.15) is 0 Å². The Morgan fingerprint density at radius 3 is 3.09 bits per heavy atom. The van der Waals surface area contributed by atoms with Gasteiger partial charge in [-0.15, -0.1) is 0 Å². The molecule has 64 valence electrons. The van der Waals surface area contributed by atoms with Crippen LogP contribution in [0.2, 0.25) is 0 Å². The molecule has 0 aromatic rings. The van der Waals surface area contributed by atoms with E-state index in [0.717, 1.165) is 32.8 Å². The smallest absolute Gasteiger partial charge is 0.0935 e. The molecule has 2 saturated heterocycles. The number of ether oxygens (including phenoxy) is 2. The molecule has 3 heteroatoms. The van der Waals surface area contributed by atoms with Crippen LogP contribution in [-0.4, -0.2) is 50.0 Å². The van der Waals surface area contributed by atoms with Crippen molar-refractivity contribution in [2.45, 2.75) is 19.1 Å². The molecule has 0 spiro atoms. The van der Waals surface area contributed by atoms with Gasteiger partial charge in [0.2, 0.25) is 0 Å². The van der Waals surface area contributed by atoms with Crippen LogP contribution < -0.4 is 0 Å². The maximum atomic E-state index is 5.55. The lowest BCUT2D eigenvalue weighted by molar-refractivity contribution is -0.0419. The molecule has 0 saturated carbocycles. The molecule has 0 aromatic heterocycles. The molecule has 2 aliphatic rings. The summed E-state index contributed by atoms with van der Waals surface area (Å²) < 4.78 is 11.1. The Hall–Kier alpha value is -0.120. The summed E-state index contributed by atoms with van der Waals surface area (Å²) in [6.07, 6.45) is 0.704.